The van der Waals surface area contributed by atoms with E-state index in [1.165, 1.54) is 0 Å². The summed E-state index contributed by atoms with van der Waals surface area (Å²) in [6.45, 7) is 0. The molecule has 4 nitrogen and oxygen atoms in total. The lowest BCUT2D eigenvalue weighted by molar-refractivity contribution is -0.133. The number of carbonyl (C=O) groups is 2. The van der Waals surface area contributed by atoms with Gasteiger partial charge in [-0.05, 0) is 12.1 Å². The van der Waals surface area contributed by atoms with E-state index in [1.54, 1.807) is 30.3 Å². The SMILES string of the molecule is O=C(O)/C(=C\Br)NC(=O)c1ccccc1. The van der Waals surface area contributed by atoms with Crippen LogP contribution in [0.5, 0.6) is 0 Å². The Balaban J connectivity index is 2.77. The topological polar surface area (TPSA) is 66.4 Å². The Hall–Kier alpha value is -1.62. The quantitative estimate of drug-likeness (QED) is 0.822. The summed E-state index contributed by atoms with van der Waals surface area (Å²) in [5.41, 5.74) is 0.203. The third-order valence-corrected chi connectivity index (χ3v) is 2.08. The molecular formula is C10H8BrNO3. The third kappa shape index (κ3) is 3.21. The molecule has 0 heterocycles. The molecule has 1 rings (SSSR count). The largest absolute Gasteiger partial charge is 0.477 e. The van der Waals surface area contributed by atoms with E-state index in [0.717, 1.165) is 4.99 Å². The summed E-state index contributed by atoms with van der Waals surface area (Å²) in [5.74, 6) is -1.65. The summed E-state index contributed by atoms with van der Waals surface area (Å²) < 4.78 is 0. The summed E-state index contributed by atoms with van der Waals surface area (Å²) in [6, 6.07) is 8.38. The van der Waals surface area contributed by atoms with Crippen LogP contribution in [0.25, 0.3) is 0 Å². The zero-order valence-electron chi connectivity index (χ0n) is 7.61. The van der Waals surface area contributed by atoms with Crippen LogP contribution < -0.4 is 5.32 Å². The van der Waals surface area contributed by atoms with Gasteiger partial charge in [0, 0.05) is 10.5 Å². The second-order valence-corrected chi connectivity index (χ2v) is 3.11. The van der Waals surface area contributed by atoms with E-state index >= 15 is 0 Å². The summed E-state index contributed by atoms with van der Waals surface area (Å²) in [6.07, 6.45) is 0. The number of amides is 1. The van der Waals surface area contributed by atoms with Crippen molar-refractivity contribution in [3.8, 4) is 0 Å². The van der Waals surface area contributed by atoms with Gasteiger partial charge in [-0.25, -0.2) is 4.79 Å². The minimum Gasteiger partial charge on any atom is -0.477 e. The molecule has 0 aromatic heterocycles. The van der Waals surface area contributed by atoms with Crippen molar-refractivity contribution in [3.05, 3.63) is 46.6 Å². The molecular weight excluding hydrogens is 262 g/mol. The van der Waals surface area contributed by atoms with E-state index in [2.05, 4.69) is 21.2 Å². The maximum atomic E-state index is 11.5. The van der Waals surface area contributed by atoms with Gasteiger partial charge in [0.05, 0.1) is 0 Å². The van der Waals surface area contributed by atoms with Crippen molar-refractivity contribution in [2.75, 3.05) is 0 Å². The summed E-state index contributed by atoms with van der Waals surface area (Å²) in [7, 11) is 0. The normalized spacial score (nSPS) is 10.9. The molecule has 0 unspecified atom stereocenters. The second-order valence-electron chi connectivity index (χ2n) is 2.65. The van der Waals surface area contributed by atoms with Crippen LogP contribution in [-0.4, -0.2) is 17.0 Å². The van der Waals surface area contributed by atoms with Crippen LogP contribution in [0.1, 0.15) is 10.4 Å². The van der Waals surface area contributed by atoms with Crippen LogP contribution in [0.15, 0.2) is 41.0 Å². The van der Waals surface area contributed by atoms with Crippen molar-refractivity contribution in [3.63, 3.8) is 0 Å². The summed E-state index contributed by atoms with van der Waals surface area (Å²) in [4.78, 5) is 23.2. The lowest BCUT2D eigenvalue weighted by Gasteiger charge is -2.04. The molecule has 0 saturated carbocycles. The minimum atomic E-state index is -1.20. The number of nitrogens with one attached hydrogen (secondary N) is 1. The lowest BCUT2D eigenvalue weighted by Crippen LogP contribution is -2.26. The first-order valence-electron chi connectivity index (χ1n) is 4.05. The standard InChI is InChI=1S/C10H8BrNO3/c11-6-8(10(14)15)12-9(13)7-4-2-1-3-5-7/h1-6H,(H,12,13)(H,14,15)/b8-6+. The first-order valence-corrected chi connectivity index (χ1v) is 4.97. The van der Waals surface area contributed by atoms with Gasteiger partial charge in [-0.2, -0.15) is 0 Å². The minimum absolute atomic E-state index is 0.205. The van der Waals surface area contributed by atoms with Gasteiger partial charge < -0.3 is 10.4 Å². The highest BCUT2D eigenvalue weighted by Gasteiger charge is 2.11. The molecule has 0 bridgehead atoms. The van der Waals surface area contributed by atoms with E-state index in [-0.39, 0.29) is 5.70 Å². The molecule has 1 amide bonds. The molecule has 0 aliphatic heterocycles. The van der Waals surface area contributed by atoms with E-state index < -0.39 is 11.9 Å². The van der Waals surface area contributed by atoms with Gasteiger partial charge in [0.25, 0.3) is 5.91 Å². The average molecular weight is 270 g/mol. The Morgan fingerprint density at radius 2 is 1.87 bits per heavy atom. The van der Waals surface area contributed by atoms with Crippen LogP contribution in [0.2, 0.25) is 0 Å². The molecule has 78 valence electrons. The number of carboxylic acid groups (broad SMARTS) is 1. The van der Waals surface area contributed by atoms with Gasteiger partial charge in [0.2, 0.25) is 0 Å². The van der Waals surface area contributed by atoms with E-state index in [1.807, 2.05) is 0 Å². The van der Waals surface area contributed by atoms with Gasteiger partial charge in [0.1, 0.15) is 5.70 Å². The van der Waals surface area contributed by atoms with Crippen LogP contribution in [0, 0.1) is 0 Å². The predicted octanol–water partition coefficient (Wildman–Crippen LogP) is 1.74. The molecule has 1 aromatic rings. The van der Waals surface area contributed by atoms with E-state index in [9.17, 15) is 9.59 Å². The van der Waals surface area contributed by atoms with Crippen LogP contribution >= 0.6 is 15.9 Å². The molecule has 0 radical (unpaired) electrons. The number of carbonyl (C=O) groups excluding carboxylic acids is 1. The highest BCUT2D eigenvalue weighted by atomic mass is 79.9. The average Bonchev–Trinajstić information content (AvgIpc) is 2.26. The smallest absolute Gasteiger partial charge is 0.352 e. The van der Waals surface area contributed by atoms with Crippen molar-refractivity contribution in [2.45, 2.75) is 0 Å². The Labute approximate surface area is 94.7 Å². The van der Waals surface area contributed by atoms with E-state index in [4.69, 9.17) is 5.11 Å². The maximum Gasteiger partial charge on any atom is 0.352 e. The molecule has 0 spiro atoms. The van der Waals surface area contributed by atoms with Gasteiger partial charge in [-0.15, -0.1) is 0 Å². The molecule has 0 aliphatic rings. The molecule has 1 aromatic carbocycles. The number of carboxylic acids is 1. The summed E-state index contributed by atoms with van der Waals surface area (Å²) in [5, 5.41) is 10.9. The maximum absolute atomic E-state index is 11.5. The number of benzene rings is 1. The molecule has 0 aliphatic carbocycles. The molecule has 0 atom stereocenters. The fourth-order valence-electron chi connectivity index (χ4n) is 0.911. The highest BCUT2D eigenvalue weighted by Crippen LogP contribution is 2.01. The zero-order chi connectivity index (χ0) is 11.3. The Kier molecular flexibility index (Phi) is 4.05. The Morgan fingerprint density at radius 3 is 2.33 bits per heavy atom. The highest BCUT2D eigenvalue weighted by molar-refractivity contribution is 9.11. The number of rotatable bonds is 3. The van der Waals surface area contributed by atoms with Crippen molar-refractivity contribution in [1.82, 2.24) is 5.32 Å². The number of aliphatic carboxylic acids is 1. The first-order chi connectivity index (χ1) is 7.15. The van der Waals surface area contributed by atoms with Gasteiger partial charge in [-0.1, -0.05) is 34.1 Å². The molecule has 5 heteroatoms. The fourth-order valence-corrected chi connectivity index (χ4v) is 1.22. The van der Waals surface area contributed by atoms with Crippen LogP contribution in [0.3, 0.4) is 0 Å². The molecule has 15 heavy (non-hydrogen) atoms. The van der Waals surface area contributed by atoms with Crippen LogP contribution in [-0.2, 0) is 4.79 Å². The molecule has 0 saturated heterocycles. The summed E-state index contributed by atoms with van der Waals surface area (Å²) >= 11 is 2.86. The lowest BCUT2D eigenvalue weighted by atomic mass is 10.2. The van der Waals surface area contributed by atoms with Gasteiger partial charge in [0.15, 0.2) is 0 Å². The first kappa shape index (κ1) is 11.5. The monoisotopic (exact) mass is 269 g/mol. The van der Waals surface area contributed by atoms with Crippen LogP contribution in [0.4, 0.5) is 0 Å². The molecule has 0 fully saturated rings. The third-order valence-electron chi connectivity index (χ3n) is 1.62. The molecule has 2 N–H and O–H groups in total. The van der Waals surface area contributed by atoms with Crippen molar-refractivity contribution >= 4 is 27.8 Å². The second kappa shape index (κ2) is 5.31. The number of hydrogen-bond acceptors (Lipinski definition) is 2. The van der Waals surface area contributed by atoms with Gasteiger partial charge in [-0.3, -0.25) is 4.79 Å². The number of hydrogen-bond donors (Lipinski definition) is 2. The van der Waals surface area contributed by atoms with Crippen molar-refractivity contribution in [2.24, 2.45) is 0 Å². The van der Waals surface area contributed by atoms with Crippen molar-refractivity contribution < 1.29 is 14.7 Å². The Bertz CT molecular complexity index is 400. The predicted molar refractivity (Wildman–Crippen MR) is 58.6 cm³/mol. The van der Waals surface area contributed by atoms with E-state index in [0.29, 0.717) is 5.56 Å². The van der Waals surface area contributed by atoms with Gasteiger partial charge >= 0.3 is 5.97 Å². The number of halogens is 1. The Morgan fingerprint density at radius 1 is 1.27 bits per heavy atom. The zero-order valence-corrected chi connectivity index (χ0v) is 9.19. The fraction of sp³-hybridized carbons (Fsp3) is 0. The van der Waals surface area contributed by atoms with Crippen molar-refractivity contribution in [1.29, 1.82) is 0 Å².